The number of nitrogens with zero attached hydrogens (tertiary/aromatic N) is 3. The van der Waals surface area contributed by atoms with Crippen LogP contribution in [0, 0.1) is 23.0 Å². The Hall–Kier alpha value is -2.96. The fraction of sp³-hybridized carbons (Fsp3) is 0.500. The van der Waals surface area contributed by atoms with Gasteiger partial charge in [-0.25, -0.2) is 17.6 Å². The lowest BCUT2D eigenvalue weighted by Crippen LogP contribution is -2.64. The first-order chi connectivity index (χ1) is 17.6. The molecular formula is C28H34F4N4O. The van der Waals surface area contributed by atoms with Crippen LogP contribution in [0.5, 0.6) is 0 Å². The van der Waals surface area contributed by atoms with Crippen LogP contribution in [0.25, 0.3) is 11.1 Å². The smallest absolute Gasteiger partial charge is 0.269 e. The van der Waals surface area contributed by atoms with Crippen LogP contribution in [0.15, 0.2) is 36.4 Å². The second-order valence-electron chi connectivity index (χ2n) is 10.2. The molecule has 1 heterocycles. The number of carbonyl (C=O) groups is 1. The Bertz CT molecular complexity index is 1180. The largest absolute Gasteiger partial charge is 0.345 e. The standard InChI is InChI=1S/C28H32F4N4O.H2/c1-18(2)35-9-11-36(12-10-35)24-7-4-8-28(31,32)27(24)34-25(37)16-20-5-3-6-23(26(20)30)21-13-19(17-33)14-22(29)15-21;/h3,5-6,13-15,18,24,27H,4,7-12,16H2,1-2H3,(H,34,37);1H/t24?,27-;/m1./s1. The molecule has 1 saturated heterocycles. The maximum atomic E-state index is 15.3. The average molecular weight is 519 g/mol. The molecule has 1 aliphatic carbocycles. The van der Waals surface area contributed by atoms with E-state index in [-0.39, 0.29) is 30.1 Å². The van der Waals surface area contributed by atoms with Crippen molar-refractivity contribution in [2.24, 2.45) is 0 Å². The topological polar surface area (TPSA) is 59.4 Å². The van der Waals surface area contributed by atoms with Gasteiger partial charge < -0.3 is 5.32 Å². The summed E-state index contributed by atoms with van der Waals surface area (Å²) < 4.78 is 59.4. The summed E-state index contributed by atoms with van der Waals surface area (Å²) in [5, 5.41) is 11.6. The van der Waals surface area contributed by atoms with Crippen LogP contribution in [-0.2, 0) is 11.2 Å². The average Bonchev–Trinajstić information content (AvgIpc) is 2.86. The van der Waals surface area contributed by atoms with Crippen molar-refractivity contribution in [1.82, 2.24) is 15.1 Å². The quantitative estimate of drug-likeness (QED) is 0.548. The second-order valence-corrected chi connectivity index (χ2v) is 10.2. The fourth-order valence-corrected chi connectivity index (χ4v) is 5.48. The molecular weight excluding hydrogens is 484 g/mol. The van der Waals surface area contributed by atoms with Gasteiger partial charge in [-0.1, -0.05) is 18.2 Å². The number of nitrogens with one attached hydrogen (secondary N) is 1. The van der Waals surface area contributed by atoms with Crippen molar-refractivity contribution in [3.8, 4) is 17.2 Å². The number of hydrogen-bond donors (Lipinski definition) is 1. The van der Waals surface area contributed by atoms with Crippen molar-refractivity contribution in [3.63, 3.8) is 0 Å². The number of rotatable bonds is 6. The Labute approximate surface area is 216 Å². The Morgan fingerprint density at radius 2 is 1.92 bits per heavy atom. The zero-order valence-electron chi connectivity index (χ0n) is 21.1. The van der Waals surface area contributed by atoms with Gasteiger partial charge in [-0.2, -0.15) is 5.26 Å². The van der Waals surface area contributed by atoms with Crippen LogP contribution in [-0.4, -0.2) is 65.9 Å². The number of carbonyl (C=O) groups excluding carboxylic acids is 1. The maximum absolute atomic E-state index is 15.3. The van der Waals surface area contributed by atoms with Gasteiger partial charge in [0.15, 0.2) is 0 Å². The first-order valence-corrected chi connectivity index (χ1v) is 12.7. The predicted molar refractivity (Wildman–Crippen MR) is 135 cm³/mol. The minimum absolute atomic E-state index is 0. The minimum atomic E-state index is -3.07. The molecule has 0 spiro atoms. The zero-order chi connectivity index (χ0) is 26.7. The van der Waals surface area contributed by atoms with E-state index in [1.54, 1.807) is 0 Å². The third kappa shape index (κ3) is 6.13. The molecule has 1 saturated carbocycles. The summed E-state index contributed by atoms with van der Waals surface area (Å²) in [6, 6.07) is 8.23. The number of nitriles is 1. The van der Waals surface area contributed by atoms with Crippen molar-refractivity contribution in [3.05, 3.63) is 59.2 Å². The maximum Gasteiger partial charge on any atom is 0.269 e. The Morgan fingerprint density at radius 3 is 2.59 bits per heavy atom. The van der Waals surface area contributed by atoms with E-state index >= 15 is 13.2 Å². The van der Waals surface area contributed by atoms with E-state index in [4.69, 9.17) is 5.26 Å². The number of halogens is 4. The summed E-state index contributed by atoms with van der Waals surface area (Å²) in [6.07, 6.45) is 0.210. The van der Waals surface area contributed by atoms with Gasteiger partial charge >= 0.3 is 0 Å². The molecule has 1 aliphatic heterocycles. The summed E-state index contributed by atoms with van der Waals surface area (Å²) in [5.41, 5.74) is 0.247. The van der Waals surface area contributed by atoms with Gasteiger partial charge in [0.05, 0.1) is 18.1 Å². The Morgan fingerprint density at radius 1 is 1.19 bits per heavy atom. The third-order valence-electron chi connectivity index (χ3n) is 7.48. The van der Waals surface area contributed by atoms with E-state index in [0.717, 1.165) is 25.2 Å². The van der Waals surface area contributed by atoms with Crippen LogP contribution < -0.4 is 5.32 Å². The van der Waals surface area contributed by atoms with Crippen LogP contribution in [0.4, 0.5) is 17.6 Å². The van der Waals surface area contributed by atoms with Gasteiger partial charge in [0, 0.05) is 51.7 Å². The van der Waals surface area contributed by atoms with E-state index in [0.29, 0.717) is 32.0 Å². The van der Waals surface area contributed by atoms with Crippen LogP contribution >= 0.6 is 0 Å². The van der Waals surface area contributed by atoms with Gasteiger partial charge in [-0.3, -0.25) is 14.6 Å². The molecule has 2 aromatic carbocycles. The fourth-order valence-electron chi connectivity index (χ4n) is 5.48. The molecule has 2 aromatic rings. The van der Waals surface area contributed by atoms with Crippen LogP contribution in [0.3, 0.4) is 0 Å². The summed E-state index contributed by atoms with van der Waals surface area (Å²) >= 11 is 0. The number of benzene rings is 2. The molecule has 4 rings (SSSR count). The summed E-state index contributed by atoms with van der Waals surface area (Å²) in [7, 11) is 0. The van der Waals surface area contributed by atoms with Crippen LogP contribution in [0.2, 0.25) is 0 Å². The number of piperazine rings is 1. The van der Waals surface area contributed by atoms with Crippen molar-refractivity contribution in [1.29, 1.82) is 5.26 Å². The van der Waals surface area contributed by atoms with Crippen molar-refractivity contribution in [2.45, 2.75) is 63.6 Å². The molecule has 0 aromatic heterocycles. The first kappa shape index (κ1) is 27.1. The van der Waals surface area contributed by atoms with Gasteiger partial charge in [0.25, 0.3) is 5.92 Å². The highest BCUT2D eigenvalue weighted by atomic mass is 19.3. The molecule has 9 heteroatoms. The SMILES string of the molecule is CC(C)N1CCN(C2CCCC(F)(F)[C@@H]2NC(=O)Cc2cccc(-c3cc(F)cc(C#N)c3)c2F)CC1.[HH]. The molecule has 0 bridgehead atoms. The van der Waals surface area contributed by atoms with Crippen molar-refractivity contribution >= 4 is 5.91 Å². The Kier molecular flexibility index (Phi) is 8.20. The normalized spacial score (nSPS) is 22.5. The van der Waals surface area contributed by atoms with Crippen molar-refractivity contribution in [2.75, 3.05) is 26.2 Å². The van der Waals surface area contributed by atoms with Gasteiger partial charge in [0.1, 0.15) is 17.7 Å². The van der Waals surface area contributed by atoms with Crippen molar-refractivity contribution < 1.29 is 23.8 Å². The lowest BCUT2D eigenvalue weighted by Gasteiger charge is -2.47. The van der Waals surface area contributed by atoms with E-state index in [1.807, 2.05) is 6.07 Å². The molecule has 1 amide bonds. The highest BCUT2D eigenvalue weighted by molar-refractivity contribution is 5.80. The van der Waals surface area contributed by atoms with E-state index in [2.05, 4.69) is 29.0 Å². The van der Waals surface area contributed by atoms with Crippen LogP contribution in [0.1, 0.15) is 45.7 Å². The monoisotopic (exact) mass is 518 g/mol. The number of amides is 1. The van der Waals surface area contributed by atoms with E-state index in [9.17, 15) is 9.18 Å². The molecule has 1 unspecified atom stereocenters. The molecule has 1 N–H and O–H groups in total. The Balaban J connectivity index is 0.00000400. The van der Waals surface area contributed by atoms with Gasteiger partial charge in [-0.15, -0.1) is 0 Å². The number of hydrogen-bond acceptors (Lipinski definition) is 4. The van der Waals surface area contributed by atoms with Gasteiger partial charge in [0.2, 0.25) is 5.91 Å². The van der Waals surface area contributed by atoms with E-state index in [1.165, 1.54) is 24.3 Å². The molecule has 5 nitrogen and oxygen atoms in total. The molecule has 2 fully saturated rings. The van der Waals surface area contributed by atoms with E-state index < -0.39 is 42.0 Å². The summed E-state index contributed by atoms with van der Waals surface area (Å²) in [5.74, 6) is -5.19. The highest BCUT2D eigenvalue weighted by Crippen LogP contribution is 2.36. The molecule has 0 radical (unpaired) electrons. The first-order valence-electron chi connectivity index (χ1n) is 12.7. The summed E-state index contributed by atoms with van der Waals surface area (Å²) in [4.78, 5) is 17.3. The van der Waals surface area contributed by atoms with Gasteiger partial charge in [-0.05, 0) is 56.0 Å². The highest BCUT2D eigenvalue weighted by Gasteiger charge is 2.49. The predicted octanol–water partition coefficient (Wildman–Crippen LogP) is 4.99. The minimum Gasteiger partial charge on any atom is -0.345 e. The second kappa shape index (κ2) is 11.2. The third-order valence-corrected chi connectivity index (χ3v) is 7.48. The molecule has 2 aliphatic rings. The molecule has 200 valence electrons. The number of alkyl halides is 2. The lowest BCUT2D eigenvalue weighted by atomic mass is 9.85. The summed E-state index contributed by atoms with van der Waals surface area (Å²) in [6.45, 7) is 7.09. The lowest BCUT2D eigenvalue weighted by molar-refractivity contribution is -0.133. The molecule has 2 atom stereocenters. The zero-order valence-corrected chi connectivity index (χ0v) is 21.1. The molecule has 37 heavy (non-hydrogen) atoms.